The zero-order chi connectivity index (χ0) is 19.5. The minimum atomic E-state index is -0.363. The Morgan fingerprint density at radius 1 is 1.11 bits per heavy atom. The van der Waals surface area contributed by atoms with Crippen LogP contribution in [0, 0.1) is 12.7 Å². The standard InChI is InChI=1S/C22H17FN2O3/c1-14-4-2-3-5-19(14)27-13-21(26)24-17-9-6-15(7-10-17)22-25-18-12-16(23)8-11-20(18)28-22/h2-12H,13H2,1H3,(H,24,26). The first kappa shape index (κ1) is 17.7. The van der Waals surface area contributed by atoms with Gasteiger partial charge < -0.3 is 14.5 Å². The van der Waals surface area contributed by atoms with E-state index in [0.717, 1.165) is 11.1 Å². The zero-order valence-electron chi connectivity index (χ0n) is 15.1. The molecule has 0 unspecified atom stereocenters. The number of ether oxygens (including phenoxy) is 1. The van der Waals surface area contributed by atoms with Crippen molar-refractivity contribution in [3.63, 3.8) is 0 Å². The highest BCUT2D eigenvalue weighted by Crippen LogP contribution is 2.26. The second-order valence-corrected chi connectivity index (χ2v) is 6.31. The SMILES string of the molecule is Cc1ccccc1OCC(=O)Nc1ccc(-c2nc3cc(F)ccc3o2)cc1. The smallest absolute Gasteiger partial charge is 0.262 e. The zero-order valence-corrected chi connectivity index (χ0v) is 15.1. The number of carbonyl (C=O) groups is 1. The van der Waals surface area contributed by atoms with Crippen molar-refractivity contribution in [1.82, 2.24) is 4.98 Å². The monoisotopic (exact) mass is 376 g/mol. The van der Waals surface area contributed by atoms with Crippen molar-refractivity contribution in [3.8, 4) is 17.2 Å². The average molecular weight is 376 g/mol. The van der Waals surface area contributed by atoms with Crippen molar-refractivity contribution in [2.75, 3.05) is 11.9 Å². The third-order valence-electron chi connectivity index (χ3n) is 4.22. The summed E-state index contributed by atoms with van der Waals surface area (Å²) < 4.78 is 24.5. The Bertz CT molecular complexity index is 1140. The van der Waals surface area contributed by atoms with E-state index in [0.29, 0.717) is 28.4 Å². The molecule has 0 radical (unpaired) electrons. The molecule has 3 aromatic carbocycles. The Hall–Kier alpha value is -3.67. The van der Waals surface area contributed by atoms with Crippen molar-refractivity contribution < 1.29 is 18.3 Å². The summed E-state index contributed by atoms with van der Waals surface area (Å²) in [5.41, 5.74) is 3.30. The number of amides is 1. The summed E-state index contributed by atoms with van der Waals surface area (Å²) in [6, 6.07) is 18.8. The number of benzene rings is 3. The van der Waals surface area contributed by atoms with E-state index in [1.807, 2.05) is 31.2 Å². The number of aryl methyl sites for hydroxylation is 1. The Morgan fingerprint density at radius 2 is 1.89 bits per heavy atom. The van der Waals surface area contributed by atoms with Gasteiger partial charge in [0.2, 0.25) is 5.89 Å². The number of hydrogen-bond acceptors (Lipinski definition) is 4. The fourth-order valence-corrected chi connectivity index (χ4v) is 2.78. The largest absolute Gasteiger partial charge is 0.483 e. The molecular weight excluding hydrogens is 359 g/mol. The van der Waals surface area contributed by atoms with E-state index in [4.69, 9.17) is 9.15 Å². The Balaban J connectivity index is 1.41. The van der Waals surface area contributed by atoms with Gasteiger partial charge in [-0.15, -0.1) is 0 Å². The van der Waals surface area contributed by atoms with Crippen LogP contribution in [-0.2, 0) is 4.79 Å². The number of nitrogens with zero attached hydrogens (tertiary/aromatic N) is 1. The van der Waals surface area contributed by atoms with Gasteiger partial charge >= 0.3 is 0 Å². The molecule has 0 aliphatic heterocycles. The minimum absolute atomic E-state index is 0.0801. The predicted octanol–water partition coefficient (Wildman–Crippen LogP) is 4.96. The summed E-state index contributed by atoms with van der Waals surface area (Å²) in [6.07, 6.45) is 0. The van der Waals surface area contributed by atoms with Gasteiger partial charge in [-0.2, -0.15) is 0 Å². The van der Waals surface area contributed by atoms with Crippen LogP contribution < -0.4 is 10.1 Å². The maximum atomic E-state index is 13.3. The number of fused-ring (bicyclic) bond motifs is 1. The molecule has 4 rings (SSSR count). The van der Waals surface area contributed by atoms with Crippen LogP contribution in [0.2, 0.25) is 0 Å². The first-order valence-corrected chi connectivity index (χ1v) is 8.73. The molecule has 0 aliphatic carbocycles. The van der Waals surface area contributed by atoms with Crippen molar-refractivity contribution in [2.24, 2.45) is 0 Å². The first-order valence-electron chi connectivity index (χ1n) is 8.73. The molecule has 0 fully saturated rings. The van der Waals surface area contributed by atoms with Crippen LogP contribution in [-0.4, -0.2) is 17.5 Å². The van der Waals surface area contributed by atoms with Gasteiger partial charge in [-0.3, -0.25) is 4.79 Å². The van der Waals surface area contributed by atoms with Crippen LogP contribution >= 0.6 is 0 Å². The van der Waals surface area contributed by atoms with E-state index in [2.05, 4.69) is 10.3 Å². The number of nitrogens with one attached hydrogen (secondary N) is 1. The lowest BCUT2D eigenvalue weighted by molar-refractivity contribution is -0.118. The molecule has 0 bridgehead atoms. The fourth-order valence-electron chi connectivity index (χ4n) is 2.78. The van der Waals surface area contributed by atoms with Crippen molar-refractivity contribution in [2.45, 2.75) is 6.92 Å². The average Bonchev–Trinajstić information content (AvgIpc) is 3.11. The number of hydrogen-bond donors (Lipinski definition) is 1. The molecule has 28 heavy (non-hydrogen) atoms. The molecule has 4 aromatic rings. The number of oxazole rings is 1. The third kappa shape index (κ3) is 3.86. The van der Waals surface area contributed by atoms with Crippen molar-refractivity contribution in [3.05, 3.63) is 78.1 Å². The molecule has 1 N–H and O–H groups in total. The maximum Gasteiger partial charge on any atom is 0.262 e. The van der Waals surface area contributed by atoms with Gasteiger partial charge in [-0.25, -0.2) is 9.37 Å². The molecule has 0 spiro atoms. The molecule has 0 aliphatic rings. The minimum Gasteiger partial charge on any atom is -0.483 e. The summed E-state index contributed by atoms with van der Waals surface area (Å²) in [6.45, 7) is 1.84. The molecule has 0 saturated carbocycles. The van der Waals surface area contributed by atoms with E-state index in [-0.39, 0.29) is 18.3 Å². The number of aromatic nitrogens is 1. The highest BCUT2D eigenvalue weighted by molar-refractivity contribution is 5.92. The van der Waals surface area contributed by atoms with Gasteiger partial charge in [0.1, 0.15) is 17.1 Å². The number of halogens is 1. The van der Waals surface area contributed by atoms with Crippen molar-refractivity contribution in [1.29, 1.82) is 0 Å². The van der Waals surface area contributed by atoms with Gasteiger partial charge in [-0.05, 0) is 55.0 Å². The van der Waals surface area contributed by atoms with Gasteiger partial charge in [0, 0.05) is 17.3 Å². The number of rotatable bonds is 5. The summed E-state index contributed by atoms with van der Waals surface area (Å²) in [4.78, 5) is 16.4. The topological polar surface area (TPSA) is 64.4 Å². The van der Waals surface area contributed by atoms with E-state index in [1.54, 1.807) is 30.3 Å². The van der Waals surface area contributed by atoms with E-state index >= 15 is 0 Å². The second kappa shape index (κ2) is 7.52. The van der Waals surface area contributed by atoms with Gasteiger partial charge in [0.05, 0.1) is 0 Å². The Kier molecular flexibility index (Phi) is 4.76. The fraction of sp³-hybridized carbons (Fsp3) is 0.0909. The lowest BCUT2D eigenvalue weighted by Gasteiger charge is -2.09. The van der Waals surface area contributed by atoms with Crippen LogP contribution in [0.15, 0.2) is 71.1 Å². The maximum absolute atomic E-state index is 13.3. The summed E-state index contributed by atoms with van der Waals surface area (Å²) in [5, 5.41) is 2.78. The van der Waals surface area contributed by atoms with Crippen LogP contribution in [0.5, 0.6) is 5.75 Å². The molecule has 5 nitrogen and oxygen atoms in total. The number of para-hydroxylation sites is 1. The van der Waals surface area contributed by atoms with Crippen LogP contribution in [0.3, 0.4) is 0 Å². The highest BCUT2D eigenvalue weighted by Gasteiger charge is 2.10. The molecule has 1 amide bonds. The molecule has 1 aromatic heterocycles. The summed E-state index contributed by atoms with van der Waals surface area (Å²) in [7, 11) is 0. The van der Waals surface area contributed by atoms with Crippen LogP contribution in [0.4, 0.5) is 10.1 Å². The molecule has 1 heterocycles. The van der Waals surface area contributed by atoms with Gasteiger partial charge in [0.15, 0.2) is 12.2 Å². The normalized spacial score (nSPS) is 10.8. The van der Waals surface area contributed by atoms with E-state index in [9.17, 15) is 9.18 Å². The quantitative estimate of drug-likeness (QED) is 0.535. The predicted molar refractivity (Wildman–Crippen MR) is 105 cm³/mol. The first-order chi connectivity index (χ1) is 13.6. The van der Waals surface area contributed by atoms with Crippen molar-refractivity contribution >= 4 is 22.7 Å². The summed E-state index contributed by atoms with van der Waals surface area (Å²) >= 11 is 0. The lowest BCUT2D eigenvalue weighted by atomic mass is 10.2. The van der Waals surface area contributed by atoms with Crippen LogP contribution in [0.1, 0.15) is 5.56 Å². The lowest BCUT2D eigenvalue weighted by Crippen LogP contribution is -2.20. The molecule has 140 valence electrons. The van der Waals surface area contributed by atoms with Gasteiger partial charge in [-0.1, -0.05) is 18.2 Å². The molecule has 0 atom stereocenters. The van der Waals surface area contributed by atoms with Gasteiger partial charge in [0.25, 0.3) is 5.91 Å². The number of carbonyl (C=O) groups excluding carboxylic acids is 1. The second-order valence-electron chi connectivity index (χ2n) is 6.31. The molecular formula is C22H17FN2O3. The summed E-state index contributed by atoms with van der Waals surface area (Å²) in [5.74, 6) is 0.452. The molecule has 0 saturated heterocycles. The van der Waals surface area contributed by atoms with E-state index in [1.165, 1.54) is 12.1 Å². The Morgan fingerprint density at radius 3 is 2.68 bits per heavy atom. The van der Waals surface area contributed by atoms with Crippen LogP contribution in [0.25, 0.3) is 22.6 Å². The highest BCUT2D eigenvalue weighted by atomic mass is 19.1. The Labute approximate surface area is 160 Å². The van der Waals surface area contributed by atoms with E-state index < -0.39 is 0 Å². The number of anilines is 1. The molecule has 6 heteroatoms. The third-order valence-corrected chi connectivity index (χ3v) is 4.22.